The van der Waals surface area contributed by atoms with Crippen molar-refractivity contribution < 1.29 is 0 Å². The maximum atomic E-state index is 4.50. The van der Waals surface area contributed by atoms with Gasteiger partial charge >= 0.3 is 0 Å². The summed E-state index contributed by atoms with van der Waals surface area (Å²) in [5, 5.41) is 0. The molecule has 1 aliphatic rings. The number of aromatic nitrogens is 2. The van der Waals surface area contributed by atoms with E-state index in [-0.39, 0.29) is 0 Å². The van der Waals surface area contributed by atoms with Crippen molar-refractivity contribution in [2.75, 3.05) is 16.8 Å². The van der Waals surface area contributed by atoms with E-state index in [2.05, 4.69) is 54.5 Å². The van der Waals surface area contributed by atoms with Crippen LogP contribution in [0.2, 0.25) is 0 Å². The zero-order valence-electron chi connectivity index (χ0n) is 11.4. The van der Waals surface area contributed by atoms with Crippen LogP contribution >= 0.6 is 0 Å². The van der Waals surface area contributed by atoms with E-state index in [0.717, 1.165) is 18.1 Å². The first kappa shape index (κ1) is 12.1. The van der Waals surface area contributed by atoms with Crippen molar-refractivity contribution >= 4 is 11.6 Å². The fourth-order valence-corrected chi connectivity index (χ4v) is 2.61. The predicted molar refractivity (Wildman–Crippen MR) is 71.3 cm³/mol. The second-order valence-electron chi connectivity index (χ2n) is 5.11. The average Bonchev–Trinajstić information content (AvgIpc) is 2.62. The van der Waals surface area contributed by atoms with Crippen molar-refractivity contribution in [3.05, 3.63) is 12.4 Å². The molecule has 17 heavy (non-hydrogen) atoms. The van der Waals surface area contributed by atoms with Crippen LogP contribution in [0.1, 0.15) is 34.1 Å². The van der Waals surface area contributed by atoms with Crippen LogP contribution in [-0.2, 0) is 0 Å². The van der Waals surface area contributed by atoms with Crippen LogP contribution in [0, 0.1) is 5.92 Å². The summed E-state index contributed by atoms with van der Waals surface area (Å²) in [4.78, 5) is 13.6. The van der Waals surface area contributed by atoms with Gasteiger partial charge in [-0.05, 0) is 26.2 Å². The van der Waals surface area contributed by atoms with E-state index in [4.69, 9.17) is 0 Å². The minimum absolute atomic E-state index is 0.373. The molecule has 2 atom stereocenters. The highest BCUT2D eigenvalue weighted by Crippen LogP contribution is 2.39. The fraction of sp³-hybridized carbons (Fsp3) is 0.692. The smallest absolute Gasteiger partial charge is 0.173 e. The molecule has 2 rings (SSSR count). The van der Waals surface area contributed by atoms with E-state index in [1.807, 2.05) is 0 Å². The molecule has 1 aromatic rings. The van der Waals surface area contributed by atoms with Gasteiger partial charge in [0.1, 0.15) is 6.17 Å². The molecule has 0 saturated heterocycles. The summed E-state index contributed by atoms with van der Waals surface area (Å²) in [6.07, 6.45) is 5.08. The lowest BCUT2D eigenvalue weighted by molar-refractivity contribution is 0.403. The van der Waals surface area contributed by atoms with E-state index >= 15 is 0 Å². The van der Waals surface area contributed by atoms with Crippen LogP contribution in [0.25, 0.3) is 0 Å². The quantitative estimate of drug-likeness (QED) is 0.804. The van der Waals surface area contributed by atoms with Gasteiger partial charge in [0, 0.05) is 25.5 Å². The molecule has 0 bridgehead atoms. The van der Waals surface area contributed by atoms with Gasteiger partial charge < -0.3 is 9.80 Å². The molecule has 0 aliphatic carbocycles. The zero-order chi connectivity index (χ0) is 12.6. The molecule has 1 aliphatic heterocycles. The molecule has 2 unspecified atom stereocenters. The van der Waals surface area contributed by atoms with Crippen LogP contribution in [0.5, 0.6) is 0 Å². The lowest BCUT2D eigenvalue weighted by Gasteiger charge is -2.36. The van der Waals surface area contributed by atoms with Gasteiger partial charge in [-0.3, -0.25) is 0 Å². The Labute approximate surface area is 104 Å². The summed E-state index contributed by atoms with van der Waals surface area (Å²) in [5.74, 6) is 2.63. The van der Waals surface area contributed by atoms with Gasteiger partial charge in [-0.25, -0.2) is 9.97 Å². The molecule has 0 amide bonds. The molecule has 1 aromatic heterocycles. The van der Waals surface area contributed by atoms with Crippen molar-refractivity contribution in [2.45, 2.75) is 46.3 Å². The monoisotopic (exact) mass is 234 g/mol. The number of hydrogen-bond acceptors (Lipinski definition) is 4. The highest BCUT2D eigenvalue weighted by atomic mass is 15.5. The molecule has 0 saturated carbocycles. The Morgan fingerprint density at radius 1 is 1.18 bits per heavy atom. The number of hydrogen-bond donors (Lipinski definition) is 0. The topological polar surface area (TPSA) is 32.3 Å². The minimum atomic E-state index is 0.373. The molecule has 2 heterocycles. The number of fused-ring (bicyclic) bond motifs is 1. The van der Waals surface area contributed by atoms with Crippen molar-refractivity contribution in [1.29, 1.82) is 0 Å². The van der Waals surface area contributed by atoms with E-state index in [1.165, 1.54) is 0 Å². The van der Waals surface area contributed by atoms with Crippen LogP contribution in [-0.4, -0.2) is 29.2 Å². The van der Waals surface area contributed by atoms with E-state index < -0.39 is 0 Å². The Hall–Kier alpha value is -1.32. The van der Waals surface area contributed by atoms with Gasteiger partial charge in [-0.2, -0.15) is 0 Å². The molecule has 0 fully saturated rings. The van der Waals surface area contributed by atoms with Gasteiger partial charge in [-0.1, -0.05) is 13.8 Å². The molecule has 0 radical (unpaired) electrons. The molecule has 4 heteroatoms. The predicted octanol–water partition coefficient (Wildman–Crippen LogP) is 2.51. The summed E-state index contributed by atoms with van der Waals surface area (Å²) in [6, 6.07) is 0.439. The average molecular weight is 234 g/mol. The molecule has 0 aromatic carbocycles. The fourth-order valence-electron chi connectivity index (χ4n) is 2.61. The normalized spacial score (nSPS) is 20.9. The minimum Gasteiger partial charge on any atom is -0.336 e. The highest BCUT2D eigenvalue weighted by molar-refractivity contribution is 5.69. The first-order valence-electron chi connectivity index (χ1n) is 6.40. The van der Waals surface area contributed by atoms with Crippen molar-refractivity contribution in [3.63, 3.8) is 0 Å². The standard InChI is InChI=1S/C13H22N4/c1-6-10(4)13-16(5)11-12(15-8-7-14-11)17(13)9(2)3/h7-10,13H,6H2,1-5H3. The third kappa shape index (κ3) is 1.85. The van der Waals surface area contributed by atoms with Crippen LogP contribution in [0.15, 0.2) is 12.4 Å². The Morgan fingerprint density at radius 3 is 2.29 bits per heavy atom. The first-order chi connectivity index (χ1) is 8.07. The number of rotatable bonds is 3. The van der Waals surface area contributed by atoms with Gasteiger partial charge in [0.2, 0.25) is 0 Å². The van der Waals surface area contributed by atoms with Crippen LogP contribution < -0.4 is 9.80 Å². The third-order valence-corrected chi connectivity index (χ3v) is 3.63. The number of anilines is 2. The molecule has 4 nitrogen and oxygen atoms in total. The van der Waals surface area contributed by atoms with Gasteiger partial charge in [0.25, 0.3) is 0 Å². The van der Waals surface area contributed by atoms with Gasteiger partial charge in [0.15, 0.2) is 11.6 Å². The van der Waals surface area contributed by atoms with E-state index in [9.17, 15) is 0 Å². The van der Waals surface area contributed by atoms with Crippen LogP contribution in [0.4, 0.5) is 11.6 Å². The first-order valence-corrected chi connectivity index (χ1v) is 6.40. The summed E-state index contributed by atoms with van der Waals surface area (Å²) in [6.45, 7) is 8.96. The highest BCUT2D eigenvalue weighted by Gasteiger charge is 2.39. The molecular weight excluding hydrogens is 212 g/mol. The van der Waals surface area contributed by atoms with E-state index in [1.54, 1.807) is 12.4 Å². The third-order valence-electron chi connectivity index (χ3n) is 3.63. The van der Waals surface area contributed by atoms with Crippen molar-refractivity contribution in [3.8, 4) is 0 Å². The Morgan fingerprint density at radius 2 is 1.76 bits per heavy atom. The number of nitrogens with zero attached hydrogens (tertiary/aromatic N) is 4. The second-order valence-corrected chi connectivity index (χ2v) is 5.11. The largest absolute Gasteiger partial charge is 0.336 e. The molecule has 94 valence electrons. The van der Waals surface area contributed by atoms with E-state index in [0.29, 0.717) is 18.1 Å². The Kier molecular flexibility index (Phi) is 3.22. The maximum absolute atomic E-state index is 4.50. The second kappa shape index (κ2) is 4.51. The summed E-state index contributed by atoms with van der Waals surface area (Å²) in [7, 11) is 2.12. The lowest BCUT2D eigenvalue weighted by Crippen LogP contribution is -2.49. The Balaban J connectivity index is 2.44. The summed E-state index contributed by atoms with van der Waals surface area (Å²) in [5.41, 5.74) is 0. The van der Waals surface area contributed by atoms with Gasteiger partial charge in [0.05, 0.1) is 0 Å². The molecule has 0 spiro atoms. The molecule has 0 N–H and O–H groups in total. The molecular formula is C13H22N4. The van der Waals surface area contributed by atoms with Crippen molar-refractivity contribution in [2.24, 2.45) is 5.92 Å². The SMILES string of the molecule is CCC(C)C1N(C)c2nccnc2N1C(C)C. The van der Waals surface area contributed by atoms with Crippen molar-refractivity contribution in [1.82, 2.24) is 9.97 Å². The summed E-state index contributed by atoms with van der Waals surface area (Å²) >= 11 is 0. The van der Waals surface area contributed by atoms with Crippen LogP contribution in [0.3, 0.4) is 0 Å². The van der Waals surface area contributed by atoms with Gasteiger partial charge in [-0.15, -0.1) is 0 Å². The Bertz CT molecular complexity index is 391. The lowest BCUT2D eigenvalue weighted by atomic mass is 10.0. The zero-order valence-corrected chi connectivity index (χ0v) is 11.4. The maximum Gasteiger partial charge on any atom is 0.173 e. The summed E-state index contributed by atoms with van der Waals surface area (Å²) < 4.78 is 0.